The van der Waals surface area contributed by atoms with Gasteiger partial charge in [0.2, 0.25) is 0 Å². The van der Waals surface area contributed by atoms with Gasteiger partial charge in [0.1, 0.15) is 5.52 Å². The standard InChI is InChI=1S/C22H29NO3/c1-13-6-5-7-18-21(13,3)9-8-14(2)22(18,4)11-15-19(25)17(24)10-16-20(15)26-12-23-16/h10,12,14,18,24-25H,1,5-9,11H2,2-4H3/t14-,18+,21+,22+/m0/s1. The monoisotopic (exact) mass is 355 g/mol. The predicted octanol–water partition coefficient (Wildman–Crippen LogP) is 5.58. The fourth-order valence-corrected chi connectivity index (χ4v) is 5.85. The Labute approximate surface area is 154 Å². The van der Waals surface area contributed by atoms with E-state index in [4.69, 9.17) is 4.42 Å². The van der Waals surface area contributed by atoms with Crippen LogP contribution < -0.4 is 0 Å². The van der Waals surface area contributed by atoms with Crippen LogP contribution in [0.1, 0.15) is 58.4 Å². The third kappa shape index (κ3) is 2.30. The van der Waals surface area contributed by atoms with Crippen LogP contribution in [0.3, 0.4) is 0 Å². The molecule has 2 saturated carbocycles. The number of aromatic hydroxyl groups is 2. The minimum absolute atomic E-state index is 0.00134. The molecule has 0 radical (unpaired) electrons. The third-order valence-corrected chi connectivity index (χ3v) is 7.80. The average Bonchev–Trinajstić information content (AvgIpc) is 3.06. The van der Waals surface area contributed by atoms with E-state index in [1.54, 1.807) is 0 Å². The van der Waals surface area contributed by atoms with E-state index in [0.717, 1.165) is 12.8 Å². The zero-order valence-corrected chi connectivity index (χ0v) is 16.0. The van der Waals surface area contributed by atoms with Crippen molar-refractivity contribution in [2.45, 2.75) is 59.3 Å². The van der Waals surface area contributed by atoms with Gasteiger partial charge in [-0.2, -0.15) is 0 Å². The van der Waals surface area contributed by atoms with Gasteiger partial charge in [-0.25, -0.2) is 4.98 Å². The molecule has 1 aromatic heterocycles. The summed E-state index contributed by atoms with van der Waals surface area (Å²) in [5, 5.41) is 20.8. The number of rotatable bonds is 2. The van der Waals surface area contributed by atoms with E-state index in [9.17, 15) is 10.2 Å². The minimum Gasteiger partial charge on any atom is -0.504 e. The van der Waals surface area contributed by atoms with Crippen molar-refractivity contribution >= 4 is 11.1 Å². The Hall–Kier alpha value is -1.97. The lowest BCUT2D eigenvalue weighted by Gasteiger charge is -2.58. The number of phenols is 2. The van der Waals surface area contributed by atoms with E-state index in [-0.39, 0.29) is 22.3 Å². The predicted molar refractivity (Wildman–Crippen MR) is 102 cm³/mol. The second kappa shape index (κ2) is 5.77. The molecule has 26 heavy (non-hydrogen) atoms. The van der Waals surface area contributed by atoms with Gasteiger partial charge >= 0.3 is 0 Å². The molecule has 4 rings (SSSR count). The molecule has 0 unspecified atom stereocenters. The van der Waals surface area contributed by atoms with Crippen molar-refractivity contribution in [1.29, 1.82) is 0 Å². The molecule has 2 N–H and O–H groups in total. The molecule has 0 aliphatic heterocycles. The second-order valence-corrected chi connectivity index (χ2v) is 9.01. The highest BCUT2D eigenvalue weighted by Crippen LogP contribution is 2.62. The molecule has 0 bridgehead atoms. The minimum atomic E-state index is -0.121. The van der Waals surface area contributed by atoms with Crippen molar-refractivity contribution in [2.75, 3.05) is 0 Å². The topological polar surface area (TPSA) is 66.5 Å². The van der Waals surface area contributed by atoms with Gasteiger partial charge in [0.25, 0.3) is 0 Å². The number of benzene rings is 1. The van der Waals surface area contributed by atoms with Crippen molar-refractivity contribution in [3.05, 3.63) is 30.2 Å². The molecule has 140 valence electrons. The van der Waals surface area contributed by atoms with E-state index >= 15 is 0 Å². The van der Waals surface area contributed by atoms with Crippen molar-refractivity contribution in [3.63, 3.8) is 0 Å². The van der Waals surface area contributed by atoms with Gasteiger partial charge < -0.3 is 14.6 Å². The Morgan fingerprint density at radius 1 is 1.31 bits per heavy atom. The average molecular weight is 355 g/mol. The summed E-state index contributed by atoms with van der Waals surface area (Å²) in [6.07, 6.45) is 7.90. The Morgan fingerprint density at radius 3 is 2.85 bits per heavy atom. The number of fused-ring (bicyclic) bond motifs is 2. The second-order valence-electron chi connectivity index (χ2n) is 9.01. The van der Waals surface area contributed by atoms with Crippen LogP contribution in [0.25, 0.3) is 11.1 Å². The SMILES string of the molecule is C=C1CCC[C@H]2[C@](C)(Cc3c(O)c(O)cc4ncoc34)[C@@H](C)CC[C@]12C. The Balaban J connectivity index is 1.82. The van der Waals surface area contributed by atoms with Gasteiger partial charge in [-0.15, -0.1) is 0 Å². The molecule has 0 saturated heterocycles. The lowest BCUT2D eigenvalue weighted by atomic mass is 9.46. The molecule has 0 amide bonds. The van der Waals surface area contributed by atoms with Gasteiger partial charge in [0.05, 0.1) is 0 Å². The highest BCUT2D eigenvalue weighted by Gasteiger charge is 2.54. The van der Waals surface area contributed by atoms with Gasteiger partial charge in [0.15, 0.2) is 23.5 Å². The summed E-state index contributed by atoms with van der Waals surface area (Å²) >= 11 is 0. The van der Waals surface area contributed by atoms with Crippen LogP contribution in [-0.4, -0.2) is 15.2 Å². The number of hydrogen-bond donors (Lipinski definition) is 2. The molecule has 1 aromatic carbocycles. The summed E-state index contributed by atoms with van der Waals surface area (Å²) in [5.74, 6) is 0.847. The summed E-state index contributed by atoms with van der Waals surface area (Å²) in [5.41, 5.74) is 3.42. The maximum absolute atomic E-state index is 10.6. The number of phenolic OH excluding ortho intramolecular Hbond substituents is 2. The largest absolute Gasteiger partial charge is 0.504 e. The maximum atomic E-state index is 10.6. The van der Waals surface area contributed by atoms with E-state index < -0.39 is 0 Å². The first-order valence-electron chi connectivity index (χ1n) is 9.72. The lowest BCUT2D eigenvalue weighted by Crippen LogP contribution is -2.51. The molecule has 4 nitrogen and oxygen atoms in total. The highest BCUT2D eigenvalue weighted by molar-refractivity contribution is 5.81. The van der Waals surface area contributed by atoms with Crippen molar-refractivity contribution in [3.8, 4) is 11.5 Å². The number of nitrogens with zero attached hydrogens (tertiary/aromatic N) is 1. The quantitative estimate of drug-likeness (QED) is 0.545. The van der Waals surface area contributed by atoms with E-state index in [1.165, 1.54) is 37.3 Å². The zero-order valence-electron chi connectivity index (χ0n) is 16.0. The van der Waals surface area contributed by atoms with Crippen LogP contribution >= 0.6 is 0 Å². The molecule has 2 aliphatic carbocycles. The summed E-state index contributed by atoms with van der Waals surface area (Å²) in [4.78, 5) is 4.17. The third-order valence-electron chi connectivity index (χ3n) is 7.80. The normalized spacial score (nSPS) is 34.8. The summed E-state index contributed by atoms with van der Waals surface area (Å²) in [6, 6.07) is 1.47. The van der Waals surface area contributed by atoms with Gasteiger partial charge in [-0.1, -0.05) is 32.9 Å². The van der Waals surface area contributed by atoms with Crippen LogP contribution in [0.4, 0.5) is 0 Å². The summed E-state index contributed by atoms with van der Waals surface area (Å²) in [6.45, 7) is 11.5. The molecule has 2 aliphatic rings. The molecule has 4 atom stereocenters. The number of allylic oxidation sites excluding steroid dienone is 1. The molecule has 2 fully saturated rings. The van der Waals surface area contributed by atoms with Gasteiger partial charge in [0, 0.05) is 11.6 Å². The number of oxazole rings is 1. The fourth-order valence-electron chi connectivity index (χ4n) is 5.85. The first-order chi connectivity index (χ1) is 12.3. The number of aromatic nitrogens is 1. The van der Waals surface area contributed by atoms with Crippen LogP contribution in [0.15, 0.2) is 29.0 Å². The fraction of sp³-hybridized carbons (Fsp3) is 0.591. The van der Waals surface area contributed by atoms with Crippen molar-refractivity contribution in [1.82, 2.24) is 4.98 Å². The molecule has 4 heteroatoms. The van der Waals surface area contributed by atoms with Gasteiger partial charge in [-0.3, -0.25) is 0 Å². The first kappa shape index (κ1) is 17.4. The van der Waals surface area contributed by atoms with E-state index in [1.807, 2.05) is 0 Å². The Kier molecular flexibility index (Phi) is 3.87. The van der Waals surface area contributed by atoms with Crippen LogP contribution in [-0.2, 0) is 6.42 Å². The summed E-state index contributed by atoms with van der Waals surface area (Å²) < 4.78 is 5.59. The van der Waals surface area contributed by atoms with E-state index in [2.05, 4.69) is 32.3 Å². The zero-order chi connectivity index (χ0) is 18.7. The Bertz CT molecular complexity index is 870. The van der Waals surface area contributed by atoms with Crippen molar-refractivity contribution in [2.24, 2.45) is 22.7 Å². The smallest absolute Gasteiger partial charge is 0.181 e. The maximum Gasteiger partial charge on any atom is 0.181 e. The number of hydrogen-bond acceptors (Lipinski definition) is 4. The van der Waals surface area contributed by atoms with Crippen LogP contribution in [0.2, 0.25) is 0 Å². The molecular formula is C22H29NO3. The highest BCUT2D eigenvalue weighted by atomic mass is 16.3. The first-order valence-corrected chi connectivity index (χ1v) is 9.72. The van der Waals surface area contributed by atoms with Crippen LogP contribution in [0.5, 0.6) is 11.5 Å². The molecule has 1 heterocycles. The lowest BCUT2D eigenvalue weighted by molar-refractivity contribution is -0.0490. The Morgan fingerprint density at radius 2 is 2.08 bits per heavy atom. The van der Waals surface area contributed by atoms with Crippen molar-refractivity contribution < 1.29 is 14.6 Å². The molecular weight excluding hydrogens is 326 g/mol. The van der Waals surface area contributed by atoms with Gasteiger partial charge in [-0.05, 0) is 61.2 Å². The molecule has 0 spiro atoms. The summed E-state index contributed by atoms with van der Waals surface area (Å²) in [7, 11) is 0. The molecule has 2 aromatic rings. The van der Waals surface area contributed by atoms with Crippen LogP contribution in [0, 0.1) is 22.7 Å². The van der Waals surface area contributed by atoms with E-state index in [0.29, 0.717) is 34.9 Å².